The second-order valence-electron chi connectivity index (χ2n) is 7.09. The van der Waals surface area contributed by atoms with E-state index in [1.807, 2.05) is 25.2 Å². The van der Waals surface area contributed by atoms with Crippen LogP contribution in [-0.2, 0) is 4.79 Å². The molecule has 1 heterocycles. The molecule has 1 fully saturated rings. The van der Waals surface area contributed by atoms with Crippen LogP contribution in [0.1, 0.15) is 39.0 Å². The van der Waals surface area contributed by atoms with E-state index < -0.39 is 0 Å². The van der Waals surface area contributed by atoms with Crippen molar-refractivity contribution in [2.45, 2.75) is 45.1 Å². The largest absolute Gasteiger partial charge is 0.490 e. The zero-order valence-corrected chi connectivity index (χ0v) is 14.7. The Bertz CT molecular complexity index is 568. The molecule has 3 rings (SSSR count). The summed E-state index contributed by atoms with van der Waals surface area (Å²) < 4.78 is 11.3. The fourth-order valence-corrected chi connectivity index (χ4v) is 3.48. The Labute approximate surface area is 144 Å². The predicted molar refractivity (Wildman–Crippen MR) is 94.7 cm³/mol. The lowest BCUT2D eigenvalue weighted by atomic mass is 9.87. The minimum absolute atomic E-state index is 0.0191. The normalized spacial score (nSPS) is 23.6. The lowest BCUT2D eigenvalue weighted by Crippen LogP contribution is -2.39. The van der Waals surface area contributed by atoms with Crippen molar-refractivity contribution in [1.29, 1.82) is 0 Å². The van der Waals surface area contributed by atoms with E-state index in [-0.39, 0.29) is 5.91 Å². The van der Waals surface area contributed by atoms with Gasteiger partial charge in [-0.3, -0.25) is 9.69 Å². The van der Waals surface area contributed by atoms with Gasteiger partial charge in [-0.25, -0.2) is 0 Å². The van der Waals surface area contributed by atoms with E-state index in [4.69, 9.17) is 9.47 Å². The van der Waals surface area contributed by atoms with Crippen LogP contribution in [0.5, 0.6) is 11.5 Å². The number of nitrogens with zero attached hydrogens (tertiary/aromatic N) is 1. The van der Waals surface area contributed by atoms with E-state index in [2.05, 4.69) is 17.1 Å². The third-order valence-corrected chi connectivity index (χ3v) is 5.03. The number of nitrogens with one attached hydrogen (secondary N) is 1. The van der Waals surface area contributed by atoms with E-state index in [1.165, 1.54) is 25.7 Å². The maximum absolute atomic E-state index is 12.3. The van der Waals surface area contributed by atoms with Crippen molar-refractivity contribution in [3.63, 3.8) is 0 Å². The smallest absolute Gasteiger partial charge is 0.238 e. The summed E-state index contributed by atoms with van der Waals surface area (Å²) >= 11 is 0. The highest BCUT2D eigenvalue weighted by Gasteiger charge is 2.23. The van der Waals surface area contributed by atoms with Gasteiger partial charge in [0.2, 0.25) is 5.91 Å². The molecule has 1 aliphatic heterocycles. The van der Waals surface area contributed by atoms with Gasteiger partial charge < -0.3 is 14.8 Å². The fraction of sp³-hybridized carbons (Fsp3) is 0.632. The number of anilines is 1. The van der Waals surface area contributed by atoms with Gasteiger partial charge in [-0.2, -0.15) is 0 Å². The second kappa shape index (κ2) is 7.88. The predicted octanol–water partition coefficient (Wildman–Crippen LogP) is 3.30. The summed E-state index contributed by atoms with van der Waals surface area (Å²) in [6.07, 6.45) is 5.78. The Kier molecular flexibility index (Phi) is 5.61. The molecule has 1 aromatic rings. The number of likely N-dealkylation sites (N-methyl/N-ethyl adjacent to an activating group) is 1. The first-order valence-corrected chi connectivity index (χ1v) is 9.01. The molecule has 1 saturated carbocycles. The number of benzene rings is 1. The van der Waals surface area contributed by atoms with Crippen LogP contribution in [0.15, 0.2) is 18.2 Å². The van der Waals surface area contributed by atoms with Crippen LogP contribution < -0.4 is 14.8 Å². The average Bonchev–Trinajstić information content (AvgIpc) is 2.80. The average molecular weight is 332 g/mol. The van der Waals surface area contributed by atoms with E-state index in [1.54, 1.807) is 0 Å². The van der Waals surface area contributed by atoms with Crippen molar-refractivity contribution in [3.05, 3.63) is 18.2 Å². The van der Waals surface area contributed by atoms with Gasteiger partial charge in [0, 0.05) is 24.2 Å². The molecule has 0 radical (unpaired) electrons. The molecule has 0 aromatic heterocycles. The van der Waals surface area contributed by atoms with E-state index in [9.17, 15) is 4.79 Å². The van der Waals surface area contributed by atoms with Gasteiger partial charge in [0.25, 0.3) is 0 Å². The van der Waals surface area contributed by atoms with E-state index in [0.29, 0.717) is 31.5 Å². The summed E-state index contributed by atoms with van der Waals surface area (Å²) in [6, 6.07) is 6.10. The SMILES string of the molecule is CC1CCC(N(C)CC(=O)Nc2ccc3c(c2)OCCCO3)CC1. The highest BCUT2D eigenvalue weighted by atomic mass is 16.5. The summed E-state index contributed by atoms with van der Waals surface area (Å²) in [7, 11) is 2.05. The van der Waals surface area contributed by atoms with E-state index >= 15 is 0 Å². The molecule has 0 saturated heterocycles. The molecule has 1 aromatic carbocycles. The molecule has 1 N–H and O–H groups in total. The zero-order valence-electron chi connectivity index (χ0n) is 14.7. The van der Waals surface area contributed by atoms with Gasteiger partial charge >= 0.3 is 0 Å². The Balaban J connectivity index is 1.54. The molecule has 1 aliphatic carbocycles. The molecule has 1 amide bonds. The molecule has 5 nitrogen and oxygen atoms in total. The molecule has 0 bridgehead atoms. The lowest BCUT2D eigenvalue weighted by molar-refractivity contribution is -0.117. The zero-order chi connectivity index (χ0) is 16.9. The molecule has 0 spiro atoms. The number of amides is 1. The maximum Gasteiger partial charge on any atom is 0.238 e. The number of carbonyl (C=O) groups is 1. The molecular formula is C19H28N2O3. The fourth-order valence-electron chi connectivity index (χ4n) is 3.48. The molecule has 5 heteroatoms. The van der Waals surface area contributed by atoms with Crippen molar-refractivity contribution in [1.82, 2.24) is 4.90 Å². The standard InChI is InChI=1S/C19H28N2O3/c1-14-4-7-16(8-5-14)21(2)13-19(22)20-15-6-9-17-18(12-15)24-11-3-10-23-17/h6,9,12,14,16H,3-5,7-8,10-11,13H2,1-2H3,(H,20,22). The lowest BCUT2D eigenvalue weighted by Gasteiger charge is -2.33. The summed E-state index contributed by atoms with van der Waals surface area (Å²) in [5.74, 6) is 2.30. The van der Waals surface area contributed by atoms with Crippen LogP contribution >= 0.6 is 0 Å². The topological polar surface area (TPSA) is 50.8 Å². The Hall–Kier alpha value is -1.75. The monoisotopic (exact) mass is 332 g/mol. The number of hydrogen-bond donors (Lipinski definition) is 1. The van der Waals surface area contributed by atoms with Crippen molar-refractivity contribution in [2.75, 3.05) is 32.1 Å². The van der Waals surface area contributed by atoms with Gasteiger partial charge in [0.15, 0.2) is 11.5 Å². The van der Waals surface area contributed by atoms with Crippen LogP contribution in [-0.4, -0.2) is 43.7 Å². The van der Waals surface area contributed by atoms with Crippen molar-refractivity contribution in [2.24, 2.45) is 5.92 Å². The van der Waals surface area contributed by atoms with Gasteiger partial charge in [0.05, 0.1) is 19.8 Å². The molecule has 2 aliphatic rings. The number of rotatable bonds is 4. The highest BCUT2D eigenvalue weighted by molar-refractivity contribution is 5.92. The molecular weight excluding hydrogens is 304 g/mol. The Morgan fingerprint density at radius 2 is 1.88 bits per heavy atom. The van der Waals surface area contributed by atoms with Gasteiger partial charge in [-0.1, -0.05) is 6.92 Å². The number of ether oxygens (including phenoxy) is 2. The highest BCUT2D eigenvalue weighted by Crippen LogP contribution is 2.32. The minimum Gasteiger partial charge on any atom is -0.490 e. The molecule has 0 atom stereocenters. The van der Waals surface area contributed by atoms with Crippen LogP contribution in [0.2, 0.25) is 0 Å². The first-order chi connectivity index (χ1) is 11.6. The van der Waals surface area contributed by atoms with E-state index in [0.717, 1.165) is 23.8 Å². The van der Waals surface area contributed by atoms with Crippen LogP contribution in [0.3, 0.4) is 0 Å². The molecule has 0 unspecified atom stereocenters. The Morgan fingerprint density at radius 3 is 2.62 bits per heavy atom. The Morgan fingerprint density at radius 1 is 1.17 bits per heavy atom. The molecule has 24 heavy (non-hydrogen) atoms. The number of hydrogen-bond acceptors (Lipinski definition) is 4. The summed E-state index contributed by atoms with van der Waals surface area (Å²) in [6.45, 7) is 4.05. The third-order valence-electron chi connectivity index (χ3n) is 5.03. The van der Waals surface area contributed by atoms with Gasteiger partial charge in [-0.15, -0.1) is 0 Å². The quantitative estimate of drug-likeness (QED) is 0.919. The maximum atomic E-state index is 12.3. The summed E-state index contributed by atoms with van der Waals surface area (Å²) in [5.41, 5.74) is 0.759. The van der Waals surface area contributed by atoms with Gasteiger partial charge in [-0.05, 0) is 50.8 Å². The minimum atomic E-state index is 0.0191. The third kappa shape index (κ3) is 4.41. The second-order valence-corrected chi connectivity index (χ2v) is 7.09. The summed E-state index contributed by atoms with van der Waals surface area (Å²) in [5, 5.41) is 2.98. The van der Waals surface area contributed by atoms with Gasteiger partial charge in [0.1, 0.15) is 0 Å². The first-order valence-electron chi connectivity index (χ1n) is 9.01. The van der Waals surface area contributed by atoms with Crippen molar-refractivity contribution in [3.8, 4) is 11.5 Å². The van der Waals surface area contributed by atoms with Crippen LogP contribution in [0, 0.1) is 5.92 Å². The number of carbonyl (C=O) groups excluding carboxylic acids is 1. The van der Waals surface area contributed by atoms with Crippen LogP contribution in [0.4, 0.5) is 5.69 Å². The van der Waals surface area contributed by atoms with Crippen molar-refractivity contribution < 1.29 is 14.3 Å². The van der Waals surface area contributed by atoms with Crippen molar-refractivity contribution >= 4 is 11.6 Å². The number of fused-ring (bicyclic) bond motifs is 1. The summed E-state index contributed by atoms with van der Waals surface area (Å²) in [4.78, 5) is 14.5. The molecule has 132 valence electrons. The van der Waals surface area contributed by atoms with Crippen LogP contribution in [0.25, 0.3) is 0 Å². The first kappa shape index (κ1) is 17.1.